The van der Waals surface area contributed by atoms with E-state index in [-0.39, 0.29) is 12.0 Å². The highest BCUT2D eigenvalue weighted by atomic mass is 16.3. The van der Waals surface area contributed by atoms with Crippen molar-refractivity contribution in [3.05, 3.63) is 0 Å². The van der Waals surface area contributed by atoms with Gasteiger partial charge in [-0.05, 0) is 19.3 Å². The average molecular weight is 200 g/mol. The van der Waals surface area contributed by atoms with E-state index in [0.29, 0.717) is 13.0 Å². The summed E-state index contributed by atoms with van der Waals surface area (Å²) in [7, 11) is 0. The topological polar surface area (TPSA) is 75.3 Å². The molecule has 0 spiro atoms. The summed E-state index contributed by atoms with van der Waals surface area (Å²) >= 11 is 0. The fourth-order valence-electron chi connectivity index (χ4n) is 1.95. The van der Waals surface area contributed by atoms with Gasteiger partial charge in [0.2, 0.25) is 5.91 Å². The lowest BCUT2D eigenvalue weighted by Gasteiger charge is -2.27. The maximum atomic E-state index is 11.3. The van der Waals surface area contributed by atoms with Crippen LogP contribution in [0.2, 0.25) is 0 Å². The Morgan fingerprint density at radius 1 is 1.57 bits per heavy atom. The molecule has 1 amide bonds. The Kier molecular flexibility index (Phi) is 3.89. The number of β-amino-alcohol motifs (C(OH)–C–C–N with tert-alkyl or cyclic N) is 1. The van der Waals surface area contributed by atoms with Gasteiger partial charge in [0.25, 0.3) is 0 Å². The molecule has 0 aromatic carbocycles. The minimum atomic E-state index is -0.545. The van der Waals surface area contributed by atoms with E-state index in [0.717, 1.165) is 25.7 Å². The van der Waals surface area contributed by atoms with Crippen LogP contribution < -0.4 is 11.1 Å². The van der Waals surface area contributed by atoms with Gasteiger partial charge >= 0.3 is 0 Å². The van der Waals surface area contributed by atoms with Gasteiger partial charge in [-0.1, -0.05) is 19.8 Å². The Hall–Kier alpha value is -0.610. The molecule has 4 nitrogen and oxygen atoms in total. The SMILES string of the molecule is CC[C@@H](O)CNC1(C(N)=O)CCCC1. The number of carbonyl (C=O) groups is 1. The molecule has 0 heterocycles. The van der Waals surface area contributed by atoms with E-state index < -0.39 is 5.54 Å². The molecular formula is C10H20N2O2. The molecule has 14 heavy (non-hydrogen) atoms. The van der Waals surface area contributed by atoms with E-state index in [1.54, 1.807) is 0 Å². The minimum absolute atomic E-state index is 0.279. The molecule has 0 saturated heterocycles. The largest absolute Gasteiger partial charge is 0.392 e. The van der Waals surface area contributed by atoms with Gasteiger partial charge in [0, 0.05) is 6.54 Å². The molecule has 1 saturated carbocycles. The van der Waals surface area contributed by atoms with E-state index in [9.17, 15) is 9.90 Å². The van der Waals surface area contributed by atoms with Gasteiger partial charge in [-0.25, -0.2) is 0 Å². The van der Waals surface area contributed by atoms with Crippen molar-refractivity contribution in [3.8, 4) is 0 Å². The van der Waals surface area contributed by atoms with E-state index in [2.05, 4.69) is 5.32 Å². The lowest BCUT2D eigenvalue weighted by atomic mass is 9.96. The molecule has 4 heteroatoms. The zero-order valence-corrected chi connectivity index (χ0v) is 8.75. The maximum Gasteiger partial charge on any atom is 0.237 e. The third-order valence-corrected chi connectivity index (χ3v) is 3.08. The monoisotopic (exact) mass is 200 g/mol. The summed E-state index contributed by atoms with van der Waals surface area (Å²) in [4.78, 5) is 11.3. The molecule has 1 rings (SSSR count). The van der Waals surface area contributed by atoms with Crippen LogP contribution in [0.15, 0.2) is 0 Å². The van der Waals surface area contributed by atoms with E-state index in [1.807, 2.05) is 6.92 Å². The van der Waals surface area contributed by atoms with Gasteiger partial charge in [0.05, 0.1) is 11.6 Å². The minimum Gasteiger partial charge on any atom is -0.392 e. The molecule has 4 N–H and O–H groups in total. The van der Waals surface area contributed by atoms with Crippen molar-refractivity contribution in [1.82, 2.24) is 5.32 Å². The zero-order chi connectivity index (χ0) is 10.6. The second-order valence-corrected chi connectivity index (χ2v) is 4.10. The molecule has 1 fully saturated rings. The Labute approximate surface area is 84.9 Å². The molecular weight excluding hydrogens is 180 g/mol. The molecule has 0 aliphatic heterocycles. The van der Waals surface area contributed by atoms with Crippen LogP contribution in [-0.4, -0.2) is 29.2 Å². The number of aliphatic hydroxyl groups excluding tert-OH is 1. The molecule has 0 bridgehead atoms. The molecule has 1 aliphatic rings. The van der Waals surface area contributed by atoms with Crippen LogP contribution in [-0.2, 0) is 4.79 Å². The summed E-state index contributed by atoms with van der Waals surface area (Å²) in [5, 5.41) is 12.5. The zero-order valence-electron chi connectivity index (χ0n) is 8.75. The average Bonchev–Trinajstić information content (AvgIpc) is 2.64. The van der Waals surface area contributed by atoms with Crippen LogP contribution in [0.3, 0.4) is 0 Å². The Morgan fingerprint density at radius 3 is 2.57 bits per heavy atom. The number of nitrogens with one attached hydrogen (secondary N) is 1. The molecule has 0 radical (unpaired) electrons. The molecule has 0 unspecified atom stereocenters. The fourth-order valence-corrected chi connectivity index (χ4v) is 1.95. The summed E-state index contributed by atoms with van der Waals surface area (Å²) in [5.41, 5.74) is 4.83. The summed E-state index contributed by atoms with van der Waals surface area (Å²) < 4.78 is 0. The number of aliphatic hydroxyl groups is 1. The van der Waals surface area contributed by atoms with E-state index in [1.165, 1.54) is 0 Å². The molecule has 0 aromatic heterocycles. The van der Waals surface area contributed by atoms with Crippen molar-refractivity contribution in [2.45, 2.75) is 50.7 Å². The summed E-state index contributed by atoms with van der Waals surface area (Å²) in [6.45, 7) is 2.37. The number of nitrogens with two attached hydrogens (primary N) is 1. The van der Waals surface area contributed by atoms with Gasteiger partial charge in [0.1, 0.15) is 0 Å². The van der Waals surface area contributed by atoms with Crippen LogP contribution >= 0.6 is 0 Å². The Morgan fingerprint density at radius 2 is 2.14 bits per heavy atom. The predicted molar refractivity (Wildman–Crippen MR) is 54.7 cm³/mol. The van der Waals surface area contributed by atoms with E-state index in [4.69, 9.17) is 5.73 Å². The van der Waals surface area contributed by atoms with Crippen molar-refractivity contribution in [1.29, 1.82) is 0 Å². The third-order valence-electron chi connectivity index (χ3n) is 3.08. The van der Waals surface area contributed by atoms with Crippen LogP contribution in [0.25, 0.3) is 0 Å². The number of hydrogen-bond donors (Lipinski definition) is 3. The van der Waals surface area contributed by atoms with Crippen molar-refractivity contribution in [3.63, 3.8) is 0 Å². The molecule has 1 atom stereocenters. The smallest absolute Gasteiger partial charge is 0.237 e. The van der Waals surface area contributed by atoms with Crippen LogP contribution in [0.5, 0.6) is 0 Å². The van der Waals surface area contributed by atoms with Crippen molar-refractivity contribution in [2.75, 3.05) is 6.54 Å². The maximum absolute atomic E-state index is 11.3. The van der Waals surface area contributed by atoms with Crippen molar-refractivity contribution in [2.24, 2.45) is 5.73 Å². The first-order chi connectivity index (χ1) is 6.60. The molecule has 0 aromatic rings. The van der Waals surface area contributed by atoms with Gasteiger partial charge in [-0.2, -0.15) is 0 Å². The lowest BCUT2D eigenvalue weighted by molar-refractivity contribution is -0.124. The quantitative estimate of drug-likeness (QED) is 0.591. The summed E-state index contributed by atoms with van der Waals surface area (Å²) in [6.07, 6.45) is 4.00. The third kappa shape index (κ3) is 2.45. The standard InChI is InChI=1S/C10H20N2O2/c1-2-8(13)7-12-10(9(11)14)5-3-4-6-10/h8,12-13H,2-7H2,1H3,(H2,11,14)/t8-/m1/s1. The highest BCUT2D eigenvalue weighted by Crippen LogP contribution is 2.29. The first kappa shape index (κ1) is 11.5. The highest BCUT2D eigenvalue weighted by molar-refractivity contribution is 5.85. The van der Waals surface area contributed by atoms with Gasteiger partial charge in [-0.3, -0.25) is 4.79 Å². The van der Waals surface area contributed by atoms with Crippen LogP contribution in [0.1, 0.15) is 39.0 Å². The highest BCUT2D eigenvalue weighted by Gasteiger charge is 2.39. The lowest BCUT2D eigenvalue weighted by Crippen LogP contribution is -2.55. The normalized spacial score (nSPS) is 22.1. The first-order valence-electron chi connectivity index (χ1n) is 5.34. The van der Waals surface area contributed by atoms with Crippen molar-refractivity contribution >= 4 is 5.91 Å². The van der Waals surface area contributed by atoms with E-state index >= 15 is 0 Å². The fraction of sp³-hybridized carbons (Fsp3) is 0.900. The summed E-state index contributed by atoms with van der Waals surface area (Å²) in [6, 6.07) is 0. The number of amides is 1. The van der Waals surface area contributed by atoms with Crippen LogP contribution in [0.4, 0.5) is 0 Å². The second kappa shape index (κ2) is 4.75. The van der Waals surface area contributed by atoms with Gasteiger partial charge < -0.3 is 16.2 Å². The number of rotatable bonds is 5. The Bertz CT molecular complexity index is 200. The Balaban J connectivity index is 2.48. The molecule has 1 aliphatic carbocycles. The molecule has 82 valence electrons. The summed E-state index contributed by atoms with van der Waals surface area (Å²) in [5.74, 6) is -0.279. The van der Waals surface area contributed by atoms with Crippen molar-refractivity contribution < 1.29 is 9.90 Å². The van der Waals surface area contributed by atoms with Gasteiger partial charge in [-0.15, -0.1) is 0 Å². The van der Waals surface area contributed by atoms with Gasteiger partial charge in [0.15, 0.2) is 0 Å². The number of carbonyl (C=O) groups excluding carboxylic acids is 1. The first-order valence-corrected chi connectivity index (χ1v) is 5.34. The van der Waals surface area contributed by atoms with Crippen LogP contribution in [0, 0.1) is 0 Å². The predicted octanol–water partition coefficient (Wildman–Crippen LogP) is 0.145. The second-order valence-electron chi connectivity index (χ2n) is 4.10. The number of primary amides is 1. The number of hydrogen-bond acceptors (Lipinski definition) is 3.